The van der Waals surface area contributed by atoms with Crippen molar-refractivity contribution in [2.75, 3.05) is 12.5 Å². The van der Waals surface area contributed by atoms with Crippen molar-refractivity contribution in [1.82, 2.24) is 15.0 Å². The number of fused-ring (bicyclic) bond motifs is 1. The summed E-state index contributed by atoms with van der Waals surface area (Å²) in [6, 6.07) is 13.6. The molecule has 2 N–H and O–H groups in total. The Morgan fingerprint density at radius 3 is 2.73 bits per heavy atom. The lowest BCUT2D eigenvalue weighted by atomic mass is 10.1. The Bertz CT molecular complexity index is 811. The maximum Gasteiger partial charge on any atom is 0.231 e. The number of hydrogen-bond acceptors (Lipinski definition) is 5. The Morgan fingerprint density at radius 1 is 1.05 bits per heavy atom. The molecule has 2 aromatic carbocycles. The zero-order chi connectivity index (χ0) is 14.9. The van der Waals surface area contributed by atoms with Crippen LogP contribution in [0.3, 0.4) is 0 Å². The van der Waals surface area contributed by atoms with E-state index < -0.39 is 0 Å². The molecular weight excluding hydrogens is 280 g/mol. The molecule has 0 bridgehead atoms. The highest BCUT2D eigenvalue weighted by Crippen LogP contribution is 2.35. The summed E-state index contributed by atoms with van der Waals surface area (Å²) in [5.41, 5.74) is 9.49. The van der Waals surface area contributed by atoms with Crippen LogP contribution in [0.2, 0.25) is 0 Å². The van der Waals surface area contributed by atoms with E-state index in [1.54, 1.807) is 6.20 Å². The molecule has 0 saturated carbocycles. The second kappa shape index (κ2) is 5.07. The predicted octanol–water partition coefficient (Wildman–Crippen LogP) is 2.30. The molecule has 0 radical (unpaired) electrons. The van der Waals surface area contributed by atoms with Gasteiger partial charge < -0.3 is 15.2 Å². The Morgan fingerprint density at radius 2 is 1.86 bits per heavy atom. The Labute approximate surface area is 127 Å². The minimum absolute atomic E-state index is 0.266. The Balaban J connectivity index is 1.66. The van der Waals surface area contributed by atoms with Gasteiger partial charge in [0.15, 0.2) is 11.5 Å². The molecule has 0 aliphatic carbocycles. The first-order valence-corrected chi connectivity index (χ1v) is 6.92. The SMILES string of the molecule is Nc1ccc(Cn2nncc2-c2ccc3c(c2)OCO3)cc1. The van der Waals surface area contributed by atoms with Crippen molar-refractivity contribution >= 4 is 5.69 Å². The van der Waals surface area contributed by atoms with Gasteiger partial charge in [-0.15, -0.1) is 5.10 Å². The van der Waals surface area contributed by atoms with E-state index in [2.05, 4.69) is 10.3 Å². The van der Waals surface area contributed by atoms with E-state index in [9.17, 15) is 0 Å². The first-order valence-electron chi connectivity index (χ1n) is 6.92. The van der Waals surface area contributed by atoms with Crippen molar-refractivity contribution in [3.63, 3.8) is 0 Å². The van der Waals surface area contributed by atoms with Crippen LogP contribution >= 0.6 is 0 Å². The van der Waals surface area contributed by atoms with E-state index in [0.717, 1.165) is 34.0 Å². The van der Waals surface area contributed by atoms with Crippen LogP contribution in [0, 0.1) is 0 Å². The zero-order valence-electron chi connectivity index (χ0n) is 11.8. The fraction of sp³-hybridized carbons (Fsp3) is 0.125. The number of nitrogen functional groups attached to an aromatic ring is 1. The highest BCUT2D eigenvalue weighted by atomic mass is 16.7. The van der Waals surface area contributed by atoms with Crippen LogP contribution in [0.4, 0.5) is 5.69 Å². The molecule has 22 heavy (non-hydrogen) atoms. The van der Waals surface area contributed by atoms with Crippen LogP contribution in [0.1, 0.15) is 5.56 Å². The molecule has 3 aromatic rings. The van der Waals surface area contributed by atoms with E-state index in [1.165, 1.54) is 0 Å². The molecule has 1 aliphatic heterocycles. The quantitative estimate of drug-likeness (QED) is 0.750. The summed E-state index contributed by atoms with van der Waals surface area (Å²) >= 11 is 0. The van der Waals surface area contributed by atoms with Crippen LogP contribution < -0.4 is 15.2 Å². The highest BCUT2D eigenvalue weighted by Gasteiger charge is 2.16. The molecule has 0 spiro atoms. The Kier molecular flexibility index (Phi) is 2.93. The van der Waals surface area contributed by atoms with Crippen LogP contribution in [0.25, 0.3) is 11.3 Å². The number of anilines is 1. The number of hydrogen-bond donors (Lipinski definition) is 1. The molecule has 0 saturated heterocycles. The number of rotatable bonds is 3. The van der Waals surface area contributed by atoms with Crippen molar-refractivity contribution in [2.24, 2.45) is 0 Å². The summed E-state index contributed by atoms with van der Waals surface area (Å²) in [6.45, 7) is 0.895. The number of nitrogens with zero attached hydrogens (tertiary/aromatic N) is 3. The van der Waals surface area contributed by atoms with Gasteiger partial charge in [-0.3, -0.25) is 0 Å². The van der Waals surface area contributed by atoms with Gasteiger partial charge in [-0.2, -0.15) is 0 Å². The second-order valence-corrected chi connectivity index (χ2v) is 5.09. The van der Waals surface area contributed by atoms with Crippen LogP contribution in [0.5, 0.6) is 11.5 Å². The summed E-state index contributed by atoms with van der Waals surface area (Å²) in [6.07, 6.45) is 1.74. The molecule has 1 aliphatic rings. The van der Waals surface area contributed by atoms with E-state index >= 15 is 0 Å². The van der Waals surface area contributed by atoms with Crippen LogP contribution in [0.15, 0.2) is 48.7 Å². The van der Waals surface area contributed by atoms with Gasteiger partial charge in [0, 0.05) is 11.3 Å². The highest BCUT2D eigenvalue weighted by molar-refractivity contribution is 5.64. The molecule has 6 heteroatoms. The number of benzene rings is 2. The summed E-state index contributed by atoms with van der Waals surface area (Å²) in [5, 5.41) is 8.19. The molecule has 0 unspecified atom stereocenters. The molecular formula is C16H14N4O2. The largest absolute Gasteiger partial charge is 0.454 e. The van der Waals surface area contributed by atoms with Crippen molar-refractivity contribution in [3.8, 4) is 22.8 Å². The van der Waals surface area contributed by atoms with Gasteiger partial charge in [0.1, 0.15) is 0 Å². The van der Waals surface area contributed by atoms with Crippen LogP contribution in [-0.4, -0.2) is 21.8 Å². The lowest BCUT2D eigenvalue weighted by Gasteiger charge is -2.07. The molecule has 0 fully saturated rings. The van der Waals surface area contributed by atoms with Crippen molar-refractivity contribution in [1.29, 1.82) is 0 Å². The van der Waals surface area contributed by atoms with Gasteiger partial charge in [-0.25, -0.2) is 4.68 Å². The summed E-state index contributed by atoms with van der Waals surface area (Å²) in [5.74, 6) is 1.51. The van der Waals surface area contributed by atoms with Gasteiger partial charge in [0.05, 0.1) is 18.4 Å². The molecule has 2 heterocycles. The van der Waals surface area contributed by atoms with Crippen molar-refractivity contribution < 1.29 is 9.47 Å². The molecule has 0 amide bonds. The van der Waals surface area contributed by atoms with Gasteiger partial charge in [-0.1, -0.05) is 17.3 Å². The first kappa shape index (κ1) is 12.7. The number of nitrogens with two attached hydrogens (primary N) is 1. The standard InChI is InChI=1S/C16H14N4O2/c17-13-4-1-11(2-5-13)9-20-14(8-18-19-20)12-3-6-15-16(7-12)22-10-21-15/h1-8H,9-10,17H2. The van der Waals surface area contributed by atoms with E-state index in [-0.39, 0.29) is 6.79 Å². The first-order chi connectivity index (χ1) is 10.8. The van der Waals surface area contributed by atoms with E-state index in [4.69, 9.17) is 15.2 Å². The monoisotopic (exact) mass is 294 g/mol. The van der Waals surface area contributed by atoms with E-state index in [0.29, 0.717) is 6.54 Å². The predicted molar refractivity (Wildman–Crippen MR) is 81.5 cm³/mol. The molecule has 1 aromatic heterocycles. The maximum absolute atomic E-state index is 5.71. The maximum atomic E-state index is 5.71. The molecule has 110 valence electrons. The molecule has 6 nitrogen and oxygen atoms in total. The third kappa shape index (κ3) is 2.24. The topological polar surface area (TPSA) is 75.2 Å². The van der Waals surface area contributed by atoms with Gasteiger partial charge in [0.25, 0.3) is 0 Å². The average molecular weight is 294 g/mol. The van der Waals surface area contributed by atoms with Gasteiger partial charge in [0.2, 0.25) is 6.79 Å². The number of ether oxygens (including phenoxy) is 2. The van der Waals surface area contributed by atoms with Gasteiger partial charge >= 0.3 is 0 Å². The summed E-state index contributed by atoms with van der Waals surface area (Å²) < 4.78 is 12.6. The third-order valence-corrected chi connectivity index (χ3v) is 3.60. The van der Waals surface area contributed by atoms with Crippen molar-refractivity contribution in [2.45, 2.75) is 6.54 Å². The van der Waals surface area contributed by atoms with Gasteiger partial charge in [-0.05, 0) is 35.9 Å². The van der Waals surface area contributed by atoms with E-state index in [1.807, 2.05) is 47.1 Å². The second-order valence-electron chi connectivity index (χ2n) is 5.09. The summed E-state index contributed by atoms with van der Waals surface area (Å²) in [4.78, 5) is 0. The van der Waals surface area contributed by atoms with Crippen molar-refractivity contribution in [3.05, 3.63) is 54.2 Å². The molecule has 0 atom stereocenters. The lowest BCUT2D eigenvalue weighted by molar-refractivity contribution is 0.174. The fourth-order valence-electron chi connectivity index (χ4n) is 2.45. The minimum atomic E-state index is 0.266. The number of aromatic nitrogens is 3. The minimum Gasteiger partial charge on any atom is -0.454 e. The Hall–Kier alpha value is -3.02. The molecule has 4 rings (SSSR count). The average Bonchev–Trinajstić information content (AvgIpc) is 3.17. The lowest BCUT2D eigenvalue weighted by Crippen LogP contribution is -2.04. The van der Waals surface area contributed by atoms with Crippen LogP contribution in [-0.2, 0) is 6.54 Å². The third-order valence-electron chi connectivity index (χ3n) is 3.60. The normalized spacial score (nSPS) is 12.5. The fourth-order valence-corrected chi connectivity index (χ4v) is 2.45. The zero-order valence-corrected chi connectivity index (χ0v) is 11.8. The smallest absolute Gasteiger partial charge is 0.231 e. The summed E-state index contributed by atoms with van der Waals surface area (Å²) in [7, 11) is 0.